The Morgan fingerprint density at radius 2 is 2.03 bits per heavy atom. The first kappa shape index (κ1) is 22.4. The van der Waals surface area contributed by atoms with E-state index in [4.69, 9.17) is 9.26 Å². The van der Waals surface area contributed by atoms with E-state index in [9.17, 15) is 14.7 Å². The number of pyridine rings is 1. The lowest BCUT2D eigenvalue weighted by Gasteiger charge is -2.23. The van der Waals surface area contributed by atoms with E-state index in [1.54, 1.807) is 27.0 Å². The number of fused-ring (bicyclic) bond motifs is 1. The molecule has 0 saturated heterocycles. The molecule has 164 valence electrons. The van der Waals surface area contributed by atoms with Gasteiger partial charge in [-0.2, -0.15) is 0 Å². The Balaban J connectivity index is 2.20. The van der Waals surface area contributed by atoms with E-state index in [1.165, 1.54) is 17.7 Å². The lowest BCUT2D eigenvalue weighted by molar-refractivity contribution is -0.00228. The van der Waals surface area contributed by atoms with Gasteiger partial charge in [0.2, 0.25) is 0 Å². The van der Waals surface area contributed by atoms with Crippen LogP contribution in [0.1, 0.15) is 67.2 Å². The van der Waals surface area contributed by atoms with E-state index < -0.39 is 17.2 Å². The average Bonchev–Trinajstić information content (AvgIpc) is 3.27. The van der Waals surface area contributed by atoms with Gasteiger partial charge in [0.05, 0.1) is 11.1 Å². The summed E-state index contributed by atoms with van der Waals surface area (Å²) in [5, 5.41) is 15.0. The van der Waals surface area contributed by atoms with Crippen molar-refractivity contribution in [1.82, 2.24) is 14.7 Å². The molecule has 31 heavy (non-hydrogen) atoms. The molecule has 0 amide bonds. The number of carbonyl (C=O) groups excluding carboxylic acids is 1. The first-order chi connectivity index (χ1) is 14.4. The van der Waals surface area contributed by atoms with Crippen LogP contribution < -0.4 is 5.56 Å². The molecule has 3 rings (SSSR count). The fourth-order valence-corrected chi connectivity index (χ4v) is 3.12. The maximum Gasteiger partial charge on any atom is 0.341 e. The monoisotopic (exact) mass is 425 g/mol. The van der Waals surface area contributed by atoms with Gasteiger partial charge >= 0.3 is 5.97 Å². The molecule has 0 saturated carbocycles. The van der Waals surface area contributed by atoms with Gasteiger partial charge in [0.15, 0.2) is 5.60 Å². The van der Waals surface area contributed by atoms with E-state index in [1.807, 2.05) is 20.8 Å². The quantitative estimate of drug-likeness (QED) is 0.491. The lowest BCUT2D eigenvalue weighted by Crippen LogP contribution is -2.27. The van der Waals surface area contributed by atoms with Crippen LogP contribution in [0.5, 0.6) is 0 Å². The molecule has 3 aromatic rings. The molecule has 0 aromatic carbocycles. The van der Waals surface area contributed by atoms with Crippen molar-refractivity contribution in [3.8, 4) is 11.8 Å². The van der Waals surface area contributed by atoms with Crippen molar-refractivity contribution >= 4 is 16.9 Å². The minimum Gasteiger partial charge on any atom is -0.456 e. The Morgan fingerprint density at radius 1 is 1.35 bits per heavy atom. The Labute approximate surface area is 180 Å². The molecular formula is C23H27N3O5. The van der Waals surface area contributed by atoms with E-state index in [2.05, 4.69) is 22.0 Å². The smallest absolute Gasteiger partial charge is 0.341 e. The molecule has 0 aliphatic heterocycles. The molecule has 0 spiro atoms. The minimum absolute atomic E-state index is 0.255. The van der Waals surface area contributed by atoms with Crippen LogP contribution in [-0.4, -0.2) is 31.4 Å². The molecule has 8 heteroatoms. The molecule has 0 radical (unpaired) electrons. The van der Waals surface area contributed by atoms with E-state index >= 15 is 0 Å². The van der Waals surface area contributed by atoms with Gasteiger partial charge in [0.25, 0.3) is 5.56 Å². The van der Waals surface area contributed by atoms with E-state index in [0.29, 0.717) is 28.8 Å². The first-order valence-corrected chi connectivity index (χ1v) is 10.0. The predicted molar refractivity (Wildman–Crippen MR) is 116 cm³/mol. The molecular weight excluding hydrogens is 398 g/mol. The van der Waals surface area contributed by atoms with Crippen molar-refractivity contribution in [2.45, 2.75) is 59.2 Å². The maximum atomic E-state index is 13.0. The van der Waals surface area contributed by atoms with Crippen molar-refractivity contribution in [3.05, 3.63) is 50.9 Å². The molecule has 3 aromatic heterocycles. The molecule has 2 N–H and O–H groups in total. The standard InChI is InChI=1S/C23H27N3O5/c1-8-22(4,5)30-21(28)17-14(3)24-19-18(17)15(12-26(7)20(19)27)9-10-23(6,29)16-11-13(2)31-25-16/h11-12,24,29H,8H2,1-7H3. The topological polar surface area (TPSA) is 110 Å². The summed E-state index contributed by atoms with van der Waals surface area (Å²) in [6.45, 7) is 10.5. The molecule has 1 atom stereocenters. The zero-order valence-corrected chi connectivity index (χ0v) is 18.8. The van der Waals surface area contributed by atoms with Gasteiger partial charge < -0.3 is 23.9 Å². The van der Waals surface area contributed by atoms with Gasteiger partial charge in [-0.15, -0.1) is 0 Å². The highest BCUT2D eigenvalue weighted by atomic mass is 16.6. The third-order valence-electron chi connectivity index (χ3n) is 5.31. The maximum absolute atomic E-state index is 13.0. The fourth-order valence-electron chi connectivity index (χ4n) is 3.12. The number of hydrogen-bond donors (Lipinski definition) is 2. The van der Waals surface area contributed by atoms with Crippen LogP contribution >= 0.6 is 0 Å². The summed E-state index contributed by atoms with van der Waals surface area (Å²) in [5.41, 5.74) is -0.840. The normalized spacial score (nSPS) is 13.5. The number of H-pyrrole nitrogens is 1. The summed E-state index contributed by atoms with van der Waals surface area (Å²) in [6, 6.07) is 1.60. The molecule has 3 heterocycles. The van der Waals surface area contributed by atoms with Crippen LogP contribution in [-0.2, 0) is 17.4 Å². The molecule has 1 unspecified atom stereocenters. The summed E-state index contributed by atoms with van der Waals surface area (Å²) in [6.07, 6.45) is 2.17. The second-order valence-corrected chi connectivity index (χ2v) is 8.48. The van der Waals surface area contributed by atoms with Gasteiger partial charge in [-0.3, -0.25) is 4.79 Å². The Hall–Kier alpha value is -3.31. The van der Waals surface area contributed by atoms with Gasteiger partial charge in [-0.05, 0) is 41.0 Å². The number of rotatable bonds is 4. The fraction of sp³-hybridized carbons (Fsp3) is 0.435. The number of aromatic nitrogens is 3. The van der Waals surface area contributed by atoms with Gasteiger partial charge in [-0.1, -0.05) is 23.9 Å². The van der Waals surface area contributed by atoms with Crippen molar-refractivity contribution in [1.29, 1.82) is 0 Å². The van der Waals surface area contributed by atoms with E-state index in [0.717, 1.165) is 0 Å². The zero-order valence-electron chi connectivity index (χ0n) is 18.8. The van der Waals surface area contributed by atoms with Crippen molar-refractivity contribution in [2.75, 3.05) is 0 Å². The number of aliphatic hydroxyl groups is 1. The zero-order chi connectivity index (χ0) is 23.1. The second-order valence-electron chi connectivity index (χ2n) is 8.48. The lowest BCUT2D eigenvalue weighted by atomic mass is 10.0. The largest absolute Gasteiger partial charge is 0.456 e. The molecule has 0 bridgehead atoms. The molecule has 0 fully saturated rings. The summed E-state index contributed by atoms with van der Waals surface area (Å²) in [4.78, 5) is 28.7. The van der Waals surface area contributed by atoms with Crippen LogP contribution in [0.2, 0.25) is 0 Å². The Morgan fingerprint density at radius 3 is 2.61 bits per heavy atom. The van der Waals surface area contributed by atoms with Crippen LogP contribution in [0.3, 0.4) is 0 Å². The predicted octanol–water partition coefficient (Wildman–Crippen LogP) is 3.08. The first-order valence-electron chi connectivity index (χ1n) is 10.0. The van der Waals surface area contributed by atoms with Crippen LogP contribution in [0.25, 0.3) is 10.9 Å². The van der Waals surface area contributed by atoms with Crippen LogP contribution in [0, 0.1) is 25.7 Å². The number of carbonyl (C=O) groups is 1. The second kappa shape index (κ2) is 7.75. The number of nitrogens with zero attached hydrogens (tertiary/aromatic N) is 2. The van der Waals surface area contributed by atoms with Crippen LogP contribution in [0.4, 0.5) is 0 Å². The van der Waals surface area contributed by atoms with Gasteiger partial charge in [0, 0.05) is 30.4 Å². The van der Waals surface area contributed by atoms with Crippen molar-refractivity contribution in [3.63, 3.8) is 0 Å². The number of nitrogens with one attached hydrogen (secondary N) is 1. The number of esters is 1. The highest BCUT2D eigenvalue weighted by Gasteiger charge is 2.28. The number of ether oxygens (including phenoxy) is 1. The van der Waals surface area contributed by atoms with E-state index in [-0.39, 0.29) is 22.3 Å². The average molecular weight is 425 g/mol. The van der Waals surface area contributed by atoms with Crippen molar-refractivity contribution in [2.24, 2.45) is 7.05 Å². The molecule has 8 nitrogen and oxygen atoms in total. The summed E-state index contributed by atoms with van der Waals surface area (Å²) < 4.78 is 12.1. The summed E-state index contributed by atoms with van der Waals surface area (Å²) in [5.74, 6) is 5.71. The number of aromatic amines is 1. The minimum atomic E-state index is -1.59. The SMILES string of the molecule is CCC(C)(C)OC(=O)c1c(C)[nH]c2c(=O)n(C)cc(C#CC(C)(O)c3cc(C)on3)c12. The van der Waals surface area contributed by atoms with Gasteiger partial charge in [-0.25, -0.2) is 4.79 Å². The van der Waals surface area contributed by atoms with Crippen LogP contribution in [0.15, 0.2) is 21.6 Å². The highest BCUT2D eigenvalue weighted by Crippen LogP contribution is 2.27. The van der Waals surface area contributed by atoms with Gasteiger partial charge in [0.1, 0.15) is 22.6 Å². The third-order valence-corrected chi connectivity index (χ3v) is 5.31. The third kappa shape index (κ3) is 4.28. The Kier molecular flexibility index (Phi) is 5.59. The molecule has 0 aliphatic rings. The Bertz CT molecular complexity index is 1280. The number of hydrogen-bond acceptors (Lipinski definition) is 6. The summed E-state index contributed by atoms with van der Waals surface area (Å²) in [7, 11) is 1.60. The summed E-state index contributed by atoms with van der Waals surface area (Å²) >= 11 is 0. The number of aryl methyl sites for hydroxylation is 3. The highest BCUT2D eigenvalue weighted by molar-refractivity contribution is 6.07. The van der Waals surface area contributed by atoms with Crippen molar-refractivity contribution < 1.29 is 19.2 Å². The molecule has 0 aliphatic carbocycles.